The molecule has 11 heteroatoms. The maximum Gasteiger partial charge on any atom is 0.259 e. The summed E-state index contributed by atoms with van der Waals surface area (Å²) in [6, 6.07) is 3.49. The van der Waals surface area contributed by atoms with Crippen molar-refractivity contribution in [3.8, 4) is 16.9 Å². The fraction of sp³-hybridized carbons (Fsp3) is 0.304. The van der Waals surface area contributed by atoms with Crippen LogP contribution in [0.25, 0.3) is 21.5 Å². The second-order valence-electron chi connectivity index (χ2n) is 7.96. The highest BCUT2D eigenvalue weighted by molar-refractivity contribution is 7.22. The van der Waals surface area contributed by atoms with Crippen LogP contribution in [0.1, 0.15) is 35.3 Å². The van der Waals surface area contributed by atoms with Crippen molar-refractivity contribution in [3.63, 3.8) is 0 Å². The van der Waals surface area contributed by atoms with E-state index in [2.05, 4.69) is 35.1 Å². The zero-order valence-corrected chi connectivity index (χ0v) is 20.3. The van der Waals surface area contributed by atoms with Gasteiger partial charge in [-0.25, -0.2) is 15.0 Å². The molecular formula is C23H22ClN7O2S. The van der Waals surface area contributed by atoms with Crippen molar-refractivity contribution in [1.82, 2.24) is 24.9 Å². The topological polar surface area (TPSA) is 106 Å². The molecule has 0 saturated carbocycles. The molecule has 0 aromatic carbocycles. The van der Waals surface area contributed by atoms with Gasteiger partial charge >= 0.3 is 0 Å². The van der Waals surface area contributed by atoms with Crippen molar-refractivity contribution >= 4 is 50.3 Å². The van der Waals surface area contributed by atoms with Crippen molar-refractivity contribution in [3.05, 3.63) is 47.1 Å². The summed E-state index contributed by atoms with van der Waals surface area (Å²) in [5.74, 6) is 0.866. The smallest absolute Gasteiger partial charge is 0.259 e. The molecule has 4 aromatic rings. The van der Waals surface area contributed by atoms with E-state index >= 15 is 0 Å². The Balaban J connectivity index is 1.45. The number of nitrogens with one attached hydrogen (secondary N) is 1. The van der Waals surface area contributed by atoms with Gasteiger partial charge < -0.3 is 9.64 Å². The van der Waals surface area contributed by atoms with Crippen molar-refractivity contribution in [1.29, 1.82) is 0 Å². The molecule has 0 spiro atoms. The maximum absolute atomic E-state index is 13.3. The molecule has 1 amide bonds. The first kappa shape index (κ1) is 22.4. The summed E-state index contributed by atoms with van der Waals surface area (Å²) in [6.07, 6.45) is 8.30. The predicted octanol–water partition coefficient (Wildman–Crippen LogP) is 4.76. The number of piperidine rings is 1. The van der Waals surface area contributed by atoms with Gasteiger partial charge in [-0.2, -0.15) is 4.98 Å². The van der Waals surface area contributed by atoms with E-state index in [4.69, 9.17) is 16.3 Å². The molecule has 0 atom stereocenters. The van der Waals surface area contributed by atoms with Crippen LogP contribution in [0.15, 0.2) is 30.7 Å². The average molecular weight is 496 g/mol. The third-order valence-electron chi connectivity index (χ3n) is 5.63. The number of rotatable bonds is 5. The molecule has 1 fully saturated rings. The van der Waals surface area contributed by atoms with Crippen LogP contribution < -0.4 is 15.0 Å². The second kappa shape index (κ2) is 9.47. The van der Waals surface area contributed by atoms with E-state index in [9.17, 15) is 4.79 Å². The molecule has 0 bridgehead atoms. The van der Waals surface area contributed by atoms with Crippen LogP contribution in [0.3, 0.4) is 0 Å². The maximum atomic E-state index is 13.3. The monoisotopic (exact) mass is 495 g/mol. The van der Waals surface area contributed by atoms with E-state index in [1.54, 1.807) is 19.4 Å². The zero-order valence-electron chi connectivity index (χ0n) is 18.7. The van der Waals surface area contributed by atoms with Crippen LogP contribution in [0.4, 0.5) is 11.1 Å². The van der Waals surface area contributed by atoms with Crippen LogP contribution in [0.5, 0.6) is 5.75 Å². The number of anilines is 2. The van der Waals surface area contributed by atoms with Gasteiger partial charge in [-0.05, 0) is 38.3 Å². The number of nitrogens with zero attached hydrogens (tertiary/aromatic N) is 6. The van der Waals surface area contributed by atoms with Crippen molar-refractivity contribution in [2.24, 2.45) is 0 Å². The van der Waals surface area contributed by atoms with Crippen molar-refractivity contribution in [2.45, 2.75) is 26.2 Å². The predicted molar refractivity (Wildman–Crippen MR) is 133 cm³/mol. The van der Waals surface area contributed by atoms with Crippen LogP contribution >= 0.6 is 22.9 Å². The molecule has 0 aliphatic carbocycles. The average Bonchev–Trinajstić information content (AvgIpc) is 3.25. The number of aromatic nitrogens is 5. The van der Waals surface area contributed by atoms with Crippen LogP contribution in [0, 0.1) is 6.92 Å². The normalized spacial score (nSPS) is 13.8. The number of carbonyl (C=O) groups is 1. The van der Waals surface area contributed by atoms with Gasteiger partial charge in [0, 0.05) is 36.1 Å². The lowest BCUT2D eigenvalue weighted by Gasteiger charge is -2.26. The Morgan fingerprint density at radius 2 is 1.88 bits per heavy atom. The first-order valence-corrected chi connectivity index (χ1v) is 12.1. The molecule has 1 aliphatic rings. The molecule has 4 aromatic heterocycles. The summed E-state index contributed by atoms with van der Waals surface area (Å²) in [7, 11) is 1.54. The van der Waals surface area contributed by atoms with E-state index < -0.39 is 0 Å². The van der Waals surface area contributed by atoms with Crippen molar-refractivity contribution in [2.75, 3.05) is 30.4 Å². The highest BCUT2D eigenvalue weighted by Crippen LogP contribution is 2.34. The van der Waals surface area contributed by atoms with Gasteiger partial charge in [-0.1, -0.05) is 22.9 Å². The molecule has 34 heavy (non-hydrogen) atoms. The molecule has 0 radical (unpaired) electrons. The Bertz CT molecular complexity index is 1370. The molecule has 174 valence electrons. The fourth-order valence-corrected chi connectivity index (χ4v) is 4.90. The second-order valence-corrected chi connectivity index (χ2v) is 9.32. The Morgan fingerprint density at radius 3 is 2.68 bits per heavy atom. The Labute approximate surface area is 205 Å². The van der Waals surface area contributed by atoms with Gasteiger partial charge in [0.15, 0.2) is 9.96 Å². The summed E-state index contributed by atoms with van der Waals surface area (Å²) in [5.41, 5.74) is 3.05. The number of thiazole rings is 1. The number of ether oxygens (including phenoxy) is 1. The largest absolute Gasteiger partial charge is 0.494 e. The number of amides is 1. The van der Waals surface area contributed by atoms with Gasteiger partial charge in [0.25, 0.3) is 5.91 Å². The van der Waals surface area contributed by atoms with Gasteiger partial charge in [0.1, 0.15) is 16.4 Å². The fourth-order valence-electron chi connectivity index (χ4n) is 3.94. The van der Waals surface area contributed by atoms with E-state index in [1.165, 1.54) is 30.2 Å². The molecule has 5 heterocycles. The number of methoxy groups -OCH3 is 1. The number of pyridine rings is 2. The quantitative estimate of drug-likeness (QED) is 0.395. The van der Waals surface area contributed by atoms with E-state index in [0.717, 1.165) is 36.5 Å². The lowest BCUT2D eigenvalue weighted by atomic mass is 10.0. The van der Waals surface area contributed by atoms with Crippen LogP contribution in [-0.4, -0.2) is 51.0 Å². The van der Waals surface area contributed by atoms with Crippen LogP contribution in [0.2, 0.25) is 5.15 Å². The first-order valence-electron chi connectivity index (χ1n) is 10.9. The van der Waals surface area contributed by atoms with Gasteiger partial charge in [-0.15, -0.1) is 0 Å². The minimum Gasteiger partial charge on any atom is -0.494 e. The SMILES string of the molecule is COc1cnc(Cl)cc1-c1cc(C)ncc1C(=O)Nc1nc2cnc(N3CCCCC3)nc2s1. The molecule has 9 nitrogen and oxygen atoms in total. The number of halogens is 1. The number of fused-ring (bicyclic) bond motifs is 1. The summed E-state index contributed by atoms with van der Waals surface area (Å²) in [5, 5.41) is 3.62. The molecule has 1 aliphatic heterocycles. The van der Waals surface area contributed by atoms with E-state index in [1.807, 2.05) is 13.0 Å². The summed E-state index contributed by atoms with van der Waals surface area (Å²) >= 11 is 7.45. The number of carbonyl (C=O) groups excluding carboxylic acids is 1. The highest BCUT2D eigenvalue weighted by Gasteiger charge is 2.20. The zero-order chi connectivity index (χ0) is 23.7. The van der Waals surface area contributed by atoms with Gasteiger partial charge in [-0.3, -0.25) is 15.1 Å². The van der Waals surface area contributed by atoms with Gasteiger partial charge in [0.05, 0.1) is 25.1 Å². The summed E-state index contributed by atoms with van der Waals surface area (Å²) in [6.45, 7) is 3.77. The lowest BCUT2D eigenvalue weighted by Crippen LogP contribution is -2.30. The number of hydrogen-bond acceptors (Lipinski definition) is 9. The third kappa shape index (κ3) is 4.51. The van der Waals surface area contributed by atoms with Crippen LogP contribution in [-0.2, 0) is 0 Å². The Hall–Kier alpha value is -3.37. The highest BCUT2D eigenvalue weighted by atomic mass is 35.5. The van der Waals surface area contributed by atoms with E-state index in [-0.39, 0.29) is 5.91 Å². The molecular weight excluding hydrogens is 474 g/mol. The summed E-state index contributed by atoms with van der Waals surface area (Å²) in [4.78, 5) is 38.2. The summed E-state index contributed by atoms with van der Waals surface area (Å²) < 4.78 is 5.45. The number of aryl methyl sites for hydroxylation is 1. The Kier molecular flexibility index (Phi) is 6.25. The third-order valence-corrected chi connectivity index (χ3v) is 6.71. The number of hydrogen-bond donors (Lipinski definition) is 1. The van der Waals surface area contributed by atoms with Gasteiger partial charge in [0.2, 0.25) is 5.95 Å². The molecule has 1 N–H and O–H groups in total. The minimum atomic E-state index is -0.347. The molecule has 0 unspecified atom stereocenters. The lowest BCUT2D eigenvalue weighted by molar-refractivity contribution is 0.102. The first-order chi connectivity index (χ1) is 16.5. The van der Waals surface area contributed by atoms with E-state index in [0.29, 0.717) is 44.2 Å². The minimum absolute atomic E-state index is 0.297. The Morgan fingerprint density at radius 1 is 1.06 bits per heavy atom. The molecule has 5 rings (SSSR count). The standard InChI is InChI=1S/C23H22ClN7O2S/c1-13-8-14(15-9-19(24)26-12-18(15)33-2)16(10-25-13)20(32)29-23-28-17-11-27-22(30-21(17)34-23)31-6-4-3-5-7-31/h8-12H,3-7H2,1-2H3,(H,28,29,32). The molecule has 1 saturated heterocycles. The van der Waals surface area contributed by atoms with Crippen molar-refractivity contribution < 1.29 is 9.53 Å².